The summed E-state index contributed by atoms with van der Waals surface area (Å²) >= 11 is 6.48. The van der Waals surface area contributed by atoms with E-state index in [9.17, 15) is 0 Å². The predicted octanol–water partition coefficient (Wildman–Crippen LogP) is 4.12. The average Bonchev–Trinajstić information content (AvgIpc) is 3.04. The Bertz CT molecular complexity index is 452. The molecule has 1 aromatic heterocycles. The fourth-order valence-electron chi connectivity index (χ4n) is 3.55. The molecule has 0 aromatic carbocycles. The van der Waals surface area contributed by atoms with E-state index in [0.29, 0.717) is 0 Å². The Balaban J connectivity index is 2.45. The van der Waals surface area contributed by atoms with Gasteiger partial charge in [-0.1, -0.05) is 31.4 Å². The lowest BCUT2D eigenvalue weighted by atomic mass is 9.89. The third-order valence-corrected chi connectivity index (χ3v) is 4.66. The van der Waals surface area contributed by atoms with Crippen molar-refractivity contribution in [2.45, 2.75) is 71.1 Å². The van der Waals surface area contributed by atoms with Gasteiger partial charge in [0.1, 0.15) is 0 Å². The van der Waals surface area contributed by atoms with E-state index < -0.39 is 0 Å². The second kappa shape index (κ2) is 7.12. The quantitative estimate of drug-likeness (QED) is 0.823. The fraction of sp³-hybridized carbons (Fsp3) is 0.812. The zero-order valence-electron chi connectivity index (χ0n) is 13.7. The van der Waals surface area contributed by atoms with Crippen LogP contribution in [0.4, 0.5) is 0 Å². The first-order valence-electron chi connectivity index (χ1n) is 8.16. The van der Waals surface area contributed by atoms with E-state index >= 15 is 0 Å². The topological polar surface area (TPSA) is 39.1 Å². The van der Waals surface area contributed by atoms with E-state index in [4.69, 9.17) is 16.3 Å². The van der Waals surface area contributed by atoms with Crippen molar-refractivity contribution in [1.82, 2.24) is 15.1 Å². The van der Waals surface area contributed by atoms with Gasteiger partial charge in [-0.2, -0.15) is 5.10 Å². The molecule has 0 spiro atoms. The molecule has 0 aliphatic heterocycles. The van der Waals surface area contributed by atoms with Crippen LogP contribution in [-0.2, 0) is 4.74 Å². The lowest BCUT2D eigenvalue weighted by Gasteiger charge is -2.38. The van der Waals surface area contributed by atoms with Crippen molar-refractivity contribution in [3.05, 3.63) is 16.9 Å². The van der Waals surface area contributed by atoms with Crippen LogP contribution in [0.2, 0.25) is 5.02 Å². The van der Waals surface area contributed by atoms with Crippen LogP contribution in [0.1, 0.15) is 71.2 Å². The number of ether oxygens (including phenoxy) is 1. The normalized spacial score (nSPS) is 19.3. The number of aromatic nitrogens is 2. The second-order valence-corrected chi connectivity index (χ2v) is 6.52. The Labute approximate surface area is 133 Å². The van der Waals surface area contributed by atoms with Gasteiger partial charge >= 0.3 is 0 Å². The van der Waals surface area contributed by atoms with E-state index in [0.717, 1.165) is 36.7 Å². The van der Waals surface area contributed by atoms with Gasteiger partial charge in [-0.25, -0.2) is 0 Å². The van der Waals surface area contributed by atoms with E-state index in [-0.39, 0.29) is 17.7 Å². The summed E-state index contributed by atoms with van der Waals surface area (Å²) in [5, 5.41) is 8.83. The van der Waals surface area contributed by atoms with E-state index in [2.05, 4.69) is 38.1 Å². The Hall–Kier alpha value is -0.580. The van der Waals surface area contributed by atoms with E-state index in [1.807, 2.05) is 4.68 Å². The van der Waals surface area contributed by atoms with Crippen LogP contribution in [0.5, 0.6) is 0 Å². The van der Waals surface area contributed by atoms with Crippen LogP contribution < -0.4 is 5.32 Å². The van der Waals surface area contributed by atoms with Crippen molar-refractivity contribution in [2.24, 2.45) is 0 Å². The third-order valence-electron chi connectivity index (χ3n) is 4.37. The average molecular weight is 314 g/mol. The summed E-state index contributed by atoms with van der Waals surface area (Å²) in [6, 6.07) is 0.385. The highest BCUT2D eigenvalue weighted by atomic mass is 35.5. The zero-order valence-corrected chi connectivity index (χ0v) is 14.4. The zero-order chi connectivity index (χ0) is 15.5. The molecule has 1 aliphatic rings. The van der Waals surface area contributed by atoms with Gasteiger partial charge in [0.05, 0.1) is 28.6 Å². The minimum absolute atomic E-state index is 0.0994. The number of likely N-dealkylation sites (N-methyl/N-ethyl adjacent to an activating group) is 1. The lowest BCUT2D eigenvalue weighted by Crippen LogP contribution is -2.45. The maximum Gasteiger partial charge on any atom is 0.0891 e. The Morgan fingerprint density at radius 2 is 2.05 bits per heavy atom. The molecular formula is C16H28ClN3O. The van der Waals surface area contributed by atoms with Gasteiger partial charge < -0.3 is 10.1 Å². The number of hydrogen-bond donors (Lipinski definition) is 1. The summed E-state index contributed by atoms with van der Waals surface area (Å²) in [4.78, 5) is 0. The van der Waals surface area contributed by atoms with Crippen molar-refractivity contribution in [2.75, 3.05) is 13.2 Å². The van der Waals surface area contributed by atoms with Gasteiger partial charge in [0.25, 0.3) is 0 Å². The highest BCUT2D eigenvalue weighted by Crippen LogP contribution is 2.45. The lowest BCUT2D eigenvalue weighted by molar-refractivity contribution is -0.0643. The highest BCUT2D eigenvalue weighted by Gasteiger charge is 2.45. The first-order chi connectivity index (χ1) is 10.1. The van der Waals surface area contributed by atoms with Crippen LogP contribution in [0.15, 0.2) is 6.20 Å². The molecule has 5 heteroatoms. The molecule has 0 bridgehead atoms. The van der Waals surface area contributed by atoms with Crippen molar-refractivity contribution < 1.29 is 4.74 Å². The smallest absolute Gasteiger partial charge is 0.0891 e. The first-order valence-corrected chi connectivity index (χ1v) is 8.53. The highest BCUT2D eigenvalue weighted by molar-refractivity contribution is 6.31. The summed E-state index contributed by atoms with van der Waals surface area (Å²) in [6.45, 7) is 10.1. The van der Waals surface area contributed by atoms with Gasteiger partial charge in [0.15, 0.2) is 0 Å². The predicted molar refractivity (Wildman–Crippen MR) is 86.9 cm³/mol. The van der Waals surface area contributed by atoms with Crippen molar-refractivity contribution >= 4 is 11.6 Å². The summed E-state index contributed by atoms with van der Waals surface area (Å²) < 4.78 is 8.29. The summed E-state index contributed by atoms with van der Waals surface area (Å²) in [6.07, 6.45) is 6.36. The Morgan fingerprint density at radius 3 is 2.57 bits per heavy atom. The molecular weight excluding hydrogens is 286 g/mol. The van der Waals surface area contributed by atoms with Gasteiger partial charge in [0.2, 0.25) is 0 Å². The molecule has 1 aliphatic carbocycles. The minimum Gasteiger partial charge on any atom is -0.373 e. The molecule has 1 heterocycles. The summed E-state index contributed by atoms with van der Waals surface area (Å²) in [7, 11) is 0. The molecule has 120 valence electrons. The molecule has 1 unspecified atom stereocenters. The molecule has 1 N–H and O–H groups in total. The maximum absolute atomic E-state index is 6.48. The molecule has 0 radical (unpaired) electrons. The van der Waals surface area contributed by atoms with E-state index in [1.54, 1.807) is 6.20 Å². The molecule has 0 saturated heterocycles. The van der Waals surface area contributed by atoms with Gasteiger partial charge in [0, 0.05) is 12.6 Å². The van der Waals surface area contributed by atoms with Gasteiger partial charge in [-0.15, -0.1) is 0 Å². The number of rotatable bonds is 7. The molecule has 1 aromatic rings. The Morgan fingerprint density at radius 1 is 1.38 bits per heavy atom. The van der Waals surface area contributed by atoms with Crippen LogP contribution in [0.3, 0.4) is 0 Å². The first kappa shape index (κ1) is 16.8. The largest absolute Gasteiger partial charge is 0.373 e. The van der Waals surface area contributed by atoms with Crippen molar-refractivity contribution in [3.8, 4) is 0 Å². The summed E-state index contributed by atoms with van der Waals surface area (Å²) in [5.74, 6) is 0. The number of hydrogen-bond acceptors (Lipinski definition) is 3. The molecule has 1 atom stereocenters. The van der Waals surface area contributed by atoms with Gasteiger partial charge in [-0.05, 0) is 40.2 Å². The third kappa shape index (κ3) is 3.27. The molecule has 1 fully saturated rings. The maximum atomic E-state index is 6.48. The Kier molecular flexibility index (Phi) is 5.69. The number of halogens is 1. The second-order valence-electron chi connectivity index (χ2n) is 6.11. The van der Waals surface area contributed by atoms with Crippen LogP contribution in [0.25, 0.3) is 0 Å². The molecule has 0 amide bonds. The van der Waals surface area contributed by atoms with Gasteiger partial charge in [-0.3, -0.25) is 4.68 Å². The fourth-order valence-corrected chi connectivity index (χ4v) is 3.78. The SMILES string of the molecule is CCNC(c1c(Cl)cnn1C(C)C)C1(OCC)CCCC1. The summed E-state index contributed by atoms with van der Waals surface area (Å²) in [5.41, 5.74) is 0.921. The monoisotopic (exact) mass is 313 g/mol. The van der Waals surface area contributed by atoms with E-state index in [1.165, 1.54) is 12.8 Å². The van der Waals surface area contributed by atoms with Crippen molar-refractivity contribution in [1.29, 1.82) is 0 Å². The van der Waals surface area contributed by atoms with Crippen LogP contribution in [-0.4, -0.2) is 28.5 Å². The molecule has 21 heavy (non-hydrogen) atoms. The number of nitrogens with zero attached hydrogens (tertiary/aromatic N) is 2. The standard InChI is InChI=1S/C16H28ClN3O/c1-5-18-15(16(21-6-2)9-7-8-10-16)14-13(17)11-19-20(14)12(3)4/h11-12,15,18H,5-10H2,1-4H3. The van der Waals surface area contributed by atoms with Crippen LogP contribution >= 0.6 is 11.6 Å². The number of nitrogens with one attached hydrogen (secondary N) is 1. The molecule has 4 nitrogen and oxygen atoms in total. The molecule has 2 rings (SSSR count). The van der Waals surface area contributed by atoms with Crippen LogP contribution in [0, 0.1) is 0 Å². The minimum atomic E-state index is -0.152. The molecule has 1 saturated carbocycles. The van der Waals surface area contributed by atoms with Crippen molar-refractivity contribution in [3.63, 3.8) is 0 Å².